The summed E-state index contributed by atoms with van der Waals surface area (Å²) in [7, 11) is 0. The molecule has 0 radical (unpaired) electrons. The summed E-state index contributed by atoms with van der Waals surface area (Å²) in [6.07, 6.45) is 6.86. The first-order valence-electron chi connectivity index (χ1n) is 5.52. The number of aryl methyl sites for hydroxylation is 1. The van der Waals surface area contributed by atoms with Gasteiger partial charge in [0, 0.05) is 18.9 Å². The minimum absolute atomic E-state index is 0.577. The lowest BCUT2D eigenvalue weighted by atomic mass is 9.99. The summed E-state index contributed by atoms with van der Waals surface area (Å²) in [6.45, 7) is 5.13. The predicted octanol–water partition coefficient (Wildman–Crippen LogP) is 1.12. The smallest absolute Gasteiger partial charge is 0.323 e. The Kier molecular flexibility index (Phi) is 4.49. The van der Waals surface area contributed by atoms with Crippen LogP contribution in [0.2, 0.25) is 0 Å². The third-order valence-corrected chi connectivity index (χ3v) is 2.85. The summed E-state index contributed by atoms with van der Waals surface area (Å²) in [4.78, 5) is 14.9. The SMILES string of the molecule is CCC(C)(NCCCn1ccnc1)C(=O)O. The van der Waals surface area contributed by atoms with E-state index in [1.807, 2.05) is 17.7 Å². The fourth-order valence-electron chi connectivity index (χ4n) is 1.40. The van der Waals surface area contributed by atoms with Gasteiger partial charge in [-0.3, -0.25) is 4.79 Å². The summed E-state index contributed by atoms with van der Waals surface area (Å²) in [5, 5.41) is 12.1. The van der Waals surface area contributed by atoms with Crippen molar-refractivity contribution < 1.29 is 9.90 Å². The van der Waals surface area contributed by atoms with E-state index in [4.69, 9.17) is 5.11 Å². The number of aromatic nitrogens is 2. The Morgan fingerprint density at radius 2 is 2.38 bits per heavy atom. The molecule has 0 saturated carbocycles. The highest BCUT2D eigenvalue weighted by atomic mass is 16.4. The lowest BCUT2D eigenvalue weighted by Crippen LogP contribution is -2.49. The third kappa shape index (κ3) is 3.34. The molecule has 16 heavy (non-hydrogen) atoms. The fourth-order valence-corrected chi connectivity index (χ4v) is 1.40. The van der Waals surface area contributed by atoms with E-state index in [2.05, 4.69) is 10.3 Å². The molecule has 1 unspecified atom stereocenters. The maximum absolute atomic E-state index is 11.0. The second-order valence-electron chi connectivity index (χ2n) is 4.07. The van der Waals surface area contributed by atoms with Gasteiger partial charge in [0.1, 0.15) is 5.54 Å². The molecule has 0 fully saturated rings. The minimum Gasteiger partial charge on any atom is -0.480 e. The minimum atomic E-state index is -0.811. The number of carboxylic acids is 1. The highest BCUT2D eigenvalue weighted by Gasteiger charge is 2.29. The highest BCUT2D eigenvalue weighted by molar-refractivity contribution is 5.78. The number of aliphatic carboxylic acids is 1. The molecule has 0 aromatic carbocycles. The Bertz CT molecular complexity index is 324. The van der Waals surface area contributed by atoms with E-state index in [9.17, 15) is 4.79 Å². The highest BCUT2D eigenvalue weighted by Crippen LogP contribution is 2.08. The van der Waals surface area contributed by atoms with Gasteiger partial charge in [0.05, 0.1) is 6.33 Å². The Morgan fingerprint density at radius 3 is 2.88 bits per heavy atom. The summed E-state index contributed by atoms with van der Waals surface area (Å²) in [6, 6.07) is 0. The van der Waals surface area contributed by atoms with Gasteiger partial charge in [-0.2, -0.15) is 0 Å². The van der Waals surface area contributed by atoms with Crippen LogP contribution in [0.25, 0.3) is 0 Å². The third-order valence-electron chi connectivity index (χ3n) is 2.85. The molecule has 90 valence electrons. The fraction of sp³-hybridized carbons (Fsp3) is 0.636. The molecule has 0 bridgehead atoms. The van der Waals surface area contributed by atoms with Crippen molar-refractivity contribution in [2.24, 2.45) is 0 Å². The van der Waals surface area contributed by atoms with Gasteiger partial charge in [0.2, 0.25) is 0 Å². The van der Waals surface area contributed by atoms with E-state index in [0.717, 1.165) is 13.0 Å². The zero-order chi connectivity index (χ0) is 12.0. The number of carboxylic acid groups (broad SMARTS) is 1. The second kappa shape index (κ2) is 5.65. The largest absolute Gasteiger partial charge is 0.480 e. The molecule has 1 atom stereocenters. The van der Waals surface area contributed by atoms with Crippen molar-refractivity contribution in [3.63, 3.8) is 0 Å². The Hall–Kier alpha value is -1.36. The van der Waals surface area contributed by atoms with Gasteiger partial charge >= 0.3 is 5.97 Å². The summed E-state index contributed by atoms with van der Waals surface area (Å²) < 4.78 is 1.98. The lowest BCUT2D eigenvalue weighted by Gasteiger charge is -2.24. The molecule has 0 amide bonds. The molecule has 0 aliphatic carbocycles. The van der Waals surface area contributed by atoms with E-state index >= 15 is 0 Å². The Labute approximate surface area is 95.5 Å². The average Bonchev–Trinajstić information content (AvgIpc) is 2.76. The van der Waals surface area contributed by atoms with Crippen LogP contribution in [-0.4, -0.2) is 32.7 Å². The van der Waals surface area contributed by atoms with Crippen molar-refractivity contribution in [3.8, 4) is 0 Å². The first kappa shape index (κ1) is 12.7. The van der Waals surface area contributed by atoms with Crippen LogP contribution >= 0.6 is 0 Å². The van der Waals surface area contributed by atoms with E-state index in [0.29, 0.717) is 13.0 Å². The van der Waals surface area contributed by atoms with Gasteiger partial charge in [-0.1, -0.05) is 6.92 Å². The maximum atomic E-state index is 11.0. The maximum Gasteiger partial charge on any atom is 0.323 e. The molecular weight excluding hydrogens is 206 g/mol. The summed E-state index contributed by atoms with van der Waals surface area (Å²) in [5.74, 6) is -0.794. The molecule has 0 spiro atoms. The zero-order valence-corrected chi connectivity index (χ0v) is 9.81. The van der Waals surface area contributed by atoms with Crippen LogP contribution in [0, 0.1) is 0 Å². The standard InChI is InChI=1S/C11H19N3O2/c1-3-11(2,10(15)16)13-5-4-7-14-8-6-12-9-14/h6,8-9,13H,3-5,7H2,1-2H3,(H,15,16). The van der Waals surface area contributed by atoms with Crippen LogP contribution in [0.5, 0.6) is 0 Å². The summed E-state index contributed by atoms with van der Waals surface area (Å²) >= 11 is 0. The van der Waals surface area contributed by atoms with Crippen molar-refractivity contribution >= 4 is 5.97 Å². The quantitative estimate of drug-likeness (QED) is 0.682. The van der Waals surface area contributed by atoms with Crippen LogP contribution in [0.3, 0.4) is 0 Å². The van der Waals surface area contributed by atoms with E-state index < -0.39 is 11.5 Å². The number of hydrogen-bond acceptors (Lipinski definition) is 3. The van der Waals surface area contributed by atoms with Crippen LogP contribution < -0.4 is 5.32 Å². The van der Waals surface area contributed by atoms with E-state index in [1.165, 1.54) is 0 Å². The van der Waals surface area contributed by atoms with Crippen molar-refractivity contribution in [3.05, 3.63) is 18.7 Å². The molecule has 1 heterocycles. The zero-order valence-electron chi connectivity index (χ0n) is 9.81. The molecule has 1 aromatic heterocycles. The Balaban J connectivity index is 2.26. The van der Waals surface area contributed by atoms with Crippen LogP contribution in [0.1, 0.15) is 26.7 Å². The second-order valence-corrected chi connectivity index (χ2v) is 4.07. The van der Waals surface area contributed by atoms with Gasteiger partial charge in [-0.05, 0) is 26.3 Å². The van der Waals surface area contributed by atoms with Crippen molar-refractivity contribution in [1.29, 1.82) is 0 Å². The Morgan fingerprint density at radius 1 is 1.62 bits per heavy atom. The molecule has 1 aromatic rings. The van der Waals surface area contributed by atoms with Gasteiger partial charge in [0.15, 0.2) is 0 Å². The predicted molar refractivity (Wildman–Crippen MR) is 61.2 cm³/mol. The number of carbonyl (C=O) groups is 1. The van der Waals surface area contributed by atoms with Gasteiger partial charge in [0.25, 0.3) is 0 Å². The number of nitrogens with one attached hydrogen (secondary N) is 1. The molecule has 0 saturated heterocycles. The molecule has 5 heteroatoms. The van der Waals surface area contributed by atoms with Gasteiger partial charge < -0.3 is 15.0 Å². The van der Waals surface area contributed by atoms with Crippen LogP contribution in [-0.2, 0) is 11.3 Å². The molecular formula is C11H19N3O2. The normalized spacial score (nSPS) is 14.6. The molecule has 0 aliphatic rings. The van der Waals surface area contributed by atoms with E-state index in [-0.39, 0.29) is 0 Å². The number of hydrogen-bond donors (Lipinski definition) is 2. The molecule has 5 nitrogen and oxygen atoms in total. The summed E-state index contributed by atoms with van der Waals surface area (Å²) in [5.41, 5.74) is -0.811. The number of nitrogens with zero attached hydrogens (tertiary/aromatic N) is 2. The van der Waals surface area contributed by atoms with Crippen molar-refractivity contribution in [2.45, 2.75) is 38.8 Å². The van der Waals surface area contributed by atoms with Crippen molar-refractivity contribution in [1.82, 2.24) is 14.9 Å². The molecule has 0 aliphatic heterocycles. The molecule has 1 rings (SSSR count). The van der Waals surface area contributed by atoms with Crippen molar-refractivity contribution in [2.75, 3.05) is 6.54 Å². The number of imidazole rings is 1. The first-order chi connectivity index (χ1) is 7.58. The lowest BCUT2D eigenvalue weighted by molar-refractivity contribution is -0.144. The monoisotopic (exact) mass is 225 g/mol. The van der Waals surface area contributed by atoms with E-state index in [1.54, 1.807) is 19.4 Å². The topological polar surface area (TPSA) is 67.2 Å². The average molecular weight is 225 g/mol. The van der Waals surface area contributed by atoms with Crippen LogP contribution in [0.15, 0.2) is 18.7 Å². The van der Waals surface area contributed by atoms with Gasteiger partial charge in [-0.25, -0.2) is 4.98 Å². The first-order valence-corrected chi connectivity index (χ1v) is 5.52. The molecule has 2 N–H and O–H groups in total. The van der Waals surface area contributed by atoms with Crippen LogP contribution in [0.4, 0.5) is 0 Å². The van der Waals surface area contributed by atoms with Gasteiger partial charge in [-0.15, -0.1) is 0 Å². The number of rotatable bonds is 7.